The summed E-state index contributed by atoms with van der Waals surface area (Å²) in [6.45, 7) is 2.28. The summed E-state index contributed by atoms with van der Waals surface area (Å²) in [7, 11) is 0. The van der Waals surface area contributed by atoms with Gasteiger partial charge in [0.2, 0.25) is 0 Å². The van der Waals surface area contributed by atoms with Gasteiger partial charge in [0.05, 0.1) is 0 Å². The second-order valence-electron chi connectivity index (χ2n) is 9.03. The highest BCUT2D eigenvalue weighted by atomic mass is 19.4. The summed E-state index contributed by atoms with van der Waals surface area (Å²) < 4.78 is 41.2. The van der Waals surface area contributed by atoms with Crippen LogP contribution in [0.5, 0.6) is 5.75 Å². The van der Waals surface area contributed by atoms with E-state index in [1.54, 1.807) is 0 Å². The maximum atomic E-state index is 12.4. The van der Waals surface area contributed by atoms with Crippen molar-refractivity contribution < 1.29 is 17.9 Å². The van der Waals surface area contributed by atoms with Gasteiger partial charge in [0.25, 0.3) is 0 Å². The first-order chi connectivity index (χ1) is 13.4. The fourth-order valence-electron chi connectivity index (χ4n) is 5.69. The van der Waals surface area contributed by atoms with E-state index < -0.39 is 6.36 Å². The quantitative estimate of drug-likeness (QED) is 0.455. The molecule has 2 aliphatic carbocycles. The topological polar surface area (TPSA) is 9.23 Å². The predicted octanol–water partition coefficient (Wildman–Crippen LogP) is 7.93. The van der Waals surface area contributed by atoms with Gasteiger partial charge in [-0.2, -0.15) is 0 Å². The van der Waals surface area contributed by atoms with E-state index in [4.69, 9.17) is 0 Å². The lowest BCUT2D eigenvalue weighted by atomic mass is 9.66. The molecule has 0 heterocycles. The van der Waals surface area contributed by atoms with Crippen LogP contribution in [0.25, 0.3) is 0 Å². The first-order valence-corrected chi connectivity index (χ1v) is 11.3. The minimum Gasteiger partial charge on any atom is -0.406 e. The second kappa shape index (κ2) is 10.0. The highest BCUT2D eigenvalue weighted by Crippen LogP contribution is 2.43. The predicted molar refractivity (Wildman–Crippen MR) is 107 cm³/mol. The smallest absolute Gasteiger partial charge is 0.406 e. The number of hydrogen-bond donors (Lipinski definition) is 0. The molecule has 2 aliphatic rings. The zero-order chi connectivity index (χ0) is 20.0. The van der Waals surface area contributed by atoms with Crippen LogP contribution < -0.4 is 4.74 Å². The number of halogens is 3. The van der Waals surface area contributed by atoms with Crippen LogP contribution in [-0.2, 0) is 6.42 Å². The fraction of sp³-hybridized carbons (Fsp3) is 0.750. The van der Waals surface area contributed by atoms with E-state index in [1.807, 2.05) is 12.1 Å². The minimum atomic E-state index is -4.62. The van der Waals surface area contributed by atoms with Crippen LogP contribution in [0.3, 0.4) is 0 Å². The first-order valence-electron chi connectivity index (χ1n) is 11.3. The van der Waals surface area contributed by atoms with E-state index in [0.29, 0.717) is 5.92 Å². The Kier molecular flexibility index (Phi) is 7.70. The Morgan fingerprint density at radius 1 is 0.893 bits per heavy atom. The lowest BCUT2D eigenvalue weighted by Crippen LogP contribution is -2.30. The average molecular weight is 397 g/mol. The molecule has 0 aliphatic heterocycles. The van der Waals surface area contributed by atoms with Crippen molar-refractivity contribution in [3.05, 3.63) is 29.8 Å². The third kappa shape index (κ3) is 6.42. The maximum absolute atomic E-state index is 12.4. The molecule has 28 heavy (non-hydrogen) atoms. The van der Waals surface area contributed by atoms with Crippen LogP contribution in [-0.4, -0.2) is 6.36 Å². The Bertz CT molecular complexity index is 567. The van der Waals surface area contributed by atoms with E-state index in [1.165, 1.54) is 82.8 Å². The third-order valence-corrected chi connectivity index (χ3v) is 7.08. The Hall–Kier alpha value is -1.19. The highest BCUT2D eigenvalue weighted by molar-refractivity contribution is 5.28. The lowest BCUT2D eigenvalue weighted by Gasteiger charge is -2.40. The molecule has 1 nitrogen and oxygen atoms in total. The van der Waals surface area contributed by atoms with Crippen LogP contribution in [0.1, 0.15) is 83.1 Å². The zero-order valence-corrected chi connectivity index (χ0v) is 17.1. The molecule has 0 radical (unpaired) electrons. The van der Waals surface area contributed by atoms with E-state index in [2.05, 4.69) is 11.7 Å². The van der Waals surface area contributed by atoms with Crippen molar-refractivity contribution >= 4 is 0 Å². The lowest BCUT2D eigenvalue weighted by molar-refractivity contribution is -0.274. The van der Waals surface area contributed by atoms with Gasteiger partial charge in [-0.25, -0.2) is 0 Å². The molecular weight excluding hydrogens is 361 g/mol. The van der Waals surface area contributed by atoms with Gasteiger partial charge in [-0.3, -0.25) is 0 Å². The van der Waals surface area contributed by atoms with Gasteiger partial charge in [0.1, 0.15) is 5.75 Å². The van der Waals surface area contributed by atoms with Gasteiger partial charge >= 0.3 is 6.36 Å². The number of ether oxygens (including phenoxy) is 1. The summed E-state index contributed by atoms with van der Waals surface area (Å²) in [5.74, 6) is 3.03. The molecule has 158 valence electrons. The normalized spacial score (nSPS) is 25.4. The van der Waals surface area contributed by atoms with Crippen molar-refractivity contribution in [3.8, 4) is 5.75 Å². The van der Waals surface area contributed by atoms with E-state index in [9.17, 15) is 13.2 Å². The van der Waals surface area contributed by atoms with Crippen LogP contribution in [0.4, 0.5) is 13.2 Å². The SMILES string of the molecule is CCCC1CCC(C(Cc2ccc(OC(F)(F)F)cc2)C2CCCCC2)CC1. The van der Waals surface area contributed by atoms with Gasteiger partial charge in [-0.05, 0) is 60.6 Å². The van der Waals surface area contributed by atoms with E-state index in [-0.39, 0.29) is 5.75 Å². The highest BCUT2D eigenvalue weighted by Gasteiger charge is 2.34. The van der Waals surface area contributed by atoms with Crippen molar-refractivity contribution in [2.45, 2.75) is 90.3 Å². The first kappa shape index (κ1) is 21.5. The summed E-state index contributed by atoms with van der Waals surface area (Å²) in [5, 5.41) is 0. The van der Waals surface area contributed by atoms with Crippen LogP contribution in [0.15, 0.2) is 24.3 Å². The van der Waals surface area contributed by atoms with Crippen LogP contribution in [0, 0.1) is 23.7 Å². The molecule has 1 atom stereocenters. The molecule has 0 saturated heterocycles. The molecule has 2 fully saturated rings. The number of rotatable bonds is 7. The molecule has 1 aromatic carbocycles. The molecule has 4 heteroatoms. The number of alkyl halides is 3. The molecule has 1 unspecified atom stereocenters. The molecule has 2 saturated carbocycles. The van der Waals surface area contributed by atoms with Gasteiger partial charge in [-0.1, -0.05) is 76.8 Å². The monoisotopic (exact) mass is 396 g/mol. The van der Waals surface area contributed by atoms with E-state index >= 15 is 0 Å². The van der Waals surface area contributed by atoms with Gasteiger partial charge in [-0.15, -0.1) is 13.2 Å². The fourth-order valence-corrected chi connectivity index (χ4v) is 5.69. The molecule has 0 amide bonds. The van der Waals surface area contributed by atoms with Gasteiger partial charge < -0.3 is 4.74 Å². The number of benzene rings is 1. The summed E-state index contributed by atoms with van der Waals surface area (Å²) >= 11 is 0. The Balaban J connectivity index is 1.65. The van der Waals surface area contributed by atoms with Crippen molar-refractivity contribution in [2.75, 3.05) is 0 Å². The van der Waals surface area contributed by atoms with Crippen molar-refractivity contribution in [3.63, 3.8) is 0 Å². The summed E-state index contributed by atoms with van der Waals surface area (Å²) in [5.41, 5.74) is 1.15. The van der Waals surface area contributed by atoms with Gasteiger partial charge in [0.15, 0.2) is 0 Å². The molecule has 0 aromatic heterocycles. The molecule has 0 N–H and O–H groups in total. The van der Waals surface area contributed by atoms with E-state index in [0.717, 1.165) is 29.7 Å². The molecule has 1 aromatic rings. The largest absolute Gasteiger partial charge is 0.573 e. The Morgan fingerprint density at radius 3 is 2.07 bits per heavy atom. The number of hydrogen-bond acceptors (Lipinski definition) is 1. The molecule has 3 rings (SSSR count). The van der Waals surface area contributed by atoms with Crippen molar-refractivity contribution in [1.82, 2.24) is 0 Å². The zero-order valence-electron chi connectivity index (χ0n) is 17.1. The Labute approximate surface area is 168 Å². The van der Waals surface area contributed by atoms with Crippen molar-refractivity contribution in [1.29, 1.82) is 0 Å². The van der Waals surface area contributed by atoms with Crippen LogP contribution in [0.2, 0.25) is 0 Å². The summed E-state index contributed by atoms with van der Waals surface area (Å²) in [6.07, 6.45) is 11.1. The van der Waals surface area contributed by atoms with Crippen molar-refractivity contribution in [2.24, 2.45) is 23.7 Å². The molecule has 0 spiro atoms. The Morgan fingerprint density at radius 2 is 1.50 bits per heavy atom. The summed E-state index contributed by atoms with van der Waals surface area (Å²) in [4.78, 5) is 0. The average Bonchev–Trinajstić information content (AvgIpc) is 2.68. The maximum Gasteiger partial charge on any atom is 0.573 e. The second-order valence-corrected chi connectivity index (χ2v) is 9.03. The van der Waals surface area contributed by atoms with Crippen LogP contribution >= 0.6 is 0 Å². The molecular formula is C24H35F3O. The standard InChI is InChI=1S/C24H35F3O/c1-2-6-18-9-13-21(14-10-18)23(20-7-4-3-5-8-20)17-19-11-15-22(16-12-19)28-24(25,26)27/h11-12,15-16,18,20-21,23H,2-10,13-14,17H2,1H3. The van der Waals surface area contributed by atoms with Gasteiger partial charge in [0, 0.05) is 0 Å². The third-order valence-electron chi connectivity index (χ3n) is 7.08. The molecule has 0 bridgehead atoms. The minimum absolute atomic E-state index is 0.120. The summed E-state index contributed by atoms with van der Waals surface area (Å²) in [6, 6.07) is 6.61.